The normalized spacial score (nSPS) is 44.8. The van der Waals surface area contributed by atoms with Crippen LogP contribution >= 0.6 is 0 Å². The summed E-state index contributed by atoms with van der Waals surface area (Å²) in [6.45, 7) is 0.837. The van der Waals surface area contributed by atoms with Gasteiger partial charge in [-0.2, -0.15) is 0 Å². The summed E-state index contributed by atoms with van der Waals surface area (Å²) in [4.78, 5) is 14.1. The van der Waals surface area contributed by atoms with Crippen molar-refractivity contribution in [3.63, 3.8) is 0 Å². The van der Waals surface area contributed by atoms with Crippen LogP contribution in [-0.2, 0) is 4.79 Å². The molecule has 0 aromatic heterocycles. The molecular weight excluding hydrogens is 295 g/mol. The number of hydrogen-bond donors (Lipinski definition) is 4. The van der Waals surface area contributed by atoms with Crippen LogP contribution in [0, 0.1) is 11.8 Å². The number of nitrogens with one attached hydrogen (secondary N) is 1. The number of hydrogen-bond acceptors (Lipinski definition) is 5. The Morgan fingerprint density at radius 3 is 2.52 bits per heavy atom. The first-order valence-electron chi connectivity index (χ1n) is 9.01. The van der Waals surface area contributed by atoms with Gasteiger partial charge in [0.15, 0.2) is 0 Å². The molecule has 1 amide bonds. The van der Waals surface area contributed by atoms with Crippen LogP contribution in [0.2, 0.25) is 0 Å². The highest BCUT2D eigenvalue weighted by Crippen LogP contribution is 2.57. The molecule has 2 unspecified atom stereocenters. The molecule has 7 heteroatoms. The lowest BCUT2D eigenvalue weighted by Gasteiger charge is -2.60. The van der Waals surface area contributed by atoms with Crippen LogP contribution < -0.4 is 5.32 Å². The fourth-order valence-electron chi connectivity index (χ4n) is 6.20. The van der Waals surface area contributed by atoms with Crippen molar-refractivity contribution in [3.05, 3.63) is 0 Å². The van der Waals surface area contributed by atoms with Gasteiger partial charge in [-0.1, -0.05) is 0 Å². The third-order valence-electron chi connectivity index (χ3n) is 6.61. The van der Waals surface area contributed by atoms with E-state index in [9.17, 15) is 19.9 Å². The summed E-state index contributed by atoms with van der Waals surface area (Å²) in [7, 11) is -1.46. The summed E-state index contributed by atoms with van der Waals surface area (Å²) in [5, 5.41) is 33.1. The SMILES string of the molecule is O=C(CNC12CC3CC(CC(O)(C3)C1)C2)N1CCC[C@@H]1B(O)O. The van der Waals surface area contributed by atoms with Gasteiger partial charge in [0, 0.05) is 12.1 Å². The van der Waals surface area contributed by atoms with Gasteiger partial charge in [-0.05, 0) is 63.2 Å². The molecule has 5 rings (SSSR count). The smallest absolute Gasteiger partial charge is 0.426 e. The molecule has 1 saturated heterocycles. The van der Waals surface area contributed by atoms with Gasteiger partial charge in [-0.25, -0.2) is 0 Å². The number of carbonyl (C=O) groups is 1. The van der Waals surface area contributed by atoms with E-state index in [1.165, 1.54) is 6.42 Å². The van der Waals surface area contributed by atoms with E-state index in [-0.39, 0.29) is 18.0 Å². The van der Waals surface area contributed by atoms with E-state index < -0.39 is 18.7 Å². The Hall–Kier alpha value is -0.625. The Balaban J connectivity index is 1.40. The Morgan fingerprint density at radius 1 is 1.22 bits per heavy atom. The summed E-state index contributed by atoms with van der Waals surface area (Å²) >= 11 is 0. The third kappa shape index (κ3) is 2.82. The Kier molecular flexibility index (Phi) is 3.76. The van der Waals surface area contributed by atoms with Gasteiger partial charge < -0.3 is 25.4 Å². The van der Waals surface area contributed by atoms with E-state index in [2.05, 4.69) is 5.32 Å². The monoisotopic (exact) mass is 322 g/mol. The maximum Gasteiger partial charge on any atom is 0.475 e. The molecule has 1 heterocycles. The second kappa shape index (κ2) is 5.44. The van der Waals surface area contributed by atoms with Crippen LogP contribution in [0.5, 0.6) is 0 Å². The van der Waals surface area contributed by atoms with Gasteiger partial charge in [0.05, 0.1) is 18.1 Å². The molecule has 5 fully saturated rings. The molecule has 0 radical (unpaired) electrons. The average molecular weight is 322 g/mol. The standard InChI is InChI=1S/C16H27BN2O4/c20-14(19-3-1-2-13(19)17(22)23)9-18-15-5-11-4-12(6-15)8-16(21,7-11)10-15/h11-13,18,21-23H,1-10H2/t11?,12?,13-,15?,16?/m1/s1. The van der Waals surface area contributed by atoms with Crippen molar-refractivity contribution in [1.82, 2.24) is 10.2 Å². The summed E-state index contributed by atoms with van der Waals surface area (Å²) in [5.41, 5.74) is -0.626. The molecular formula is C16H27BN2O4. The number of aliphatic hydroxyl groups is 1. The minimum atomic E-state index is -1.46. The lowest BCUT2D eigenvalue weighted by Crippen LogP contribution is -2.65. The molecule has 4 saturated carbocycles. The van der Waals surface area contributed by atoms with E-state index in [0.29, 0.717) is 24.8 Å². The molecule has 23 heavy (non-hydrogen) atoms. The first-order valence-corrected chi connectivity index (χ1v) is 9.01. The van der Waals surface area contributed by atoms with Crippen molar-refractivity contribution >= 4 is 13.0 Å². The summed E-state index contributed by atoms with van der Waals surface area (Å²) in [6, 6.07) is 0. The third-order valence-corrected chi connectivity index (χ3v) is 6.61. The van der Waals surface area contributed by atoms with E-state index in [1.54, 1.807) is 4.90 Å². The van der Waals surface area contributed by atoms with Crippen molar-refractivity contribution in [3.8, 4) is 0 Å². The molecule has 128 valence electrons. The zero-order valence-corrected chi connectivity index (χ0v) is 13.6. The van der Waals surface area contributed by atoms with Crippen LogP contribution in [-0.4, -0.2) is 63.3 Å². The van der Waals surface area contributed by atoms with Crippen LogP contribution in [0.4, 0.5) is 0 Å². The van der Waals surface area contributed by atoms with Crippen molar-refractivity contribution in [2.45, 2.75) is 68.4 Å². The maximum absolute atomic E-state index is 12.5. The largest absolute Gasteiger partial charge is 0.475 e. The molecule has 5 aliphatic rings. The van der Waals surface area contributed by atoms with E-state index in [0.717, 1.165) is 38.5 Å². The highest BCUT2D eigenvalue weighted by atomic mass is 16.4. The summed E-state index contributed by atoms with van der Waals surface area (Å²) in [6.07, 6.45) is 7.42. The van der Waals surface area contributed by atoms with Gasteiger partial charge in [0.1, 0.15) is 0 Å². The molecule has 0 aromatic carbocycles. The first kappa shape index (κ1) is 15.9. The second-order valence-electron chi connectivity index (χ2n) is 8.53. The molecule has 1 aliphatic heterocycles. The van der Waals surface area contributed by atoms with E-state index in [4.69, 9.17) is 0 Å². The maximum atomic E-state index is 12.5. The number of rotatable bonds is 4. The Morgan fingerprint density at radius 2 is 1.91 bits per heavy atom. The predicted molar refractivity (Wildman–Crippen MR) is 85.3 cm³/mol. The fourth-order valence-corrected chi connectivity index (χ4v) is 6.20. The predicted octanol–water partition coefficient (Wildman–Crippen LogP) is -0.337. The quantitative estimate of drug-likeness (QED) is 0.532. The lowest BCUT2D eigenvalue weighted by molar-refractivity contribution is -0.147. The topological polar surface area (TPSA) is 93.0 Å². The van der Waals surface area contributed by atoms with Gasteiger partial charge in [-0.3, -0.25) is 4.79 Å². The van der Waals surface area contributed by atoms with Crippen LogP contribution in [0.3, 0.4) is 0 Å². The Bertz CT molecular complexity index is 486. The summed E-state index contributed by atoms with van der Waals surface area (Å²) in [5.74, 6) is 0.651. The van der Waals surface area contributed by atoms with Crippen LogP contribution in [0.25, 0.3) is 0 Å². The fraction of sp³-hybridized carbons (Fsp3) is 0.938. The number of nitrogens with zero attached hydrogens (tertiary/aromatic N) is 1. The highest BCUT2D eigenvalue weighted by molar-refractivity contribution is 6.43. The van der Waals surface area contributed by atoms with Gasteiger partial charge in [-0.15, -0.1) is 0 Å². The van der Waals surface area contributed by atoms with E-state index >= 15 is 0 Å². The molecule has 0 aromatic rings. The molecule has 4 bridgehead atoms. The molecule has 0 spiro atoms. The zero-order chi connectivity index (χ0) is 16.2. The van der Waals surface area contributed by atoms with Gasteiger partial charge >= 0.3 is 7.12 Å². The number of amides is 1. The first-order chi connectivity index (χ1) is 10.9. The van der Waals surface area contributed by atoms with Crippen LogP contribution in [0.1, 0.15) is 51.4 Å². The molecule has 3 atom stereocenters. The Labute approximate surface area is 137 Å². The zero-order valence-electron chi connectivity index (χ0n) is 13.6. The van der Waals surface area contributed by atoms with Crippen molar-refractivity contribution in [2.75, 3.05) is 13.1 Å². The average Bonchev–Trinajstić information content (AvgIpc) is 2.91. The van der Waals surface area contributed by atoms with Gasteiger partial charge in [0.2, 0.25) is 5.91 Å². The number of carbonyl (C=O) groups excluding carboxylic acids is 1. The highest BCUT2D eigenvalue weighted by Gasteiger charge is 2.57. The van der Waals surface area contributed by atoms with Crippen molar-refractivity contribution in [1.29, 1.82) is 0 Å². The van der Waals surface area contributed by atoms with Gasteiger partial charge in [0.25, 0.3) is 0 Å². The minimum absolute atomic E-state index is 0.0525. The minimum Gasteiger partial charge on any atom is -0.426 e. The lowest BCUT2D eigenvalue weighted by atomic mass is 9.51. The molecule has 4 N–H and O–H groups in total. The molecule has 4 aliphatic carbocycles. The van der Waals surface area contributed by atoms with Crippen LogP contribution in [0.15, 0.2) is 0 Å². The number of likely N-dealkylation sites (tertiary alicyclic amines) is 1. The summed E-state index contributed by atoms with van der Waals surface area (Å²) < 4.78 is 0. The van der Waals surface area contributed by atoms with Crippen molar-refractivity contribution in [2.24, 2.45) is 11.8 Å². The van der Waals surface area contributed by atoms with E-state index in [1.807, 2.05) is 0 Å². The second-order valence-corrected chi connectivity index (χ2v) is 8.53. The van der Waals surface area contributed by atoms with Crippen molar-refractivity contribution < 1.29 is 19.9 Å². The molecule has 6 nitrogen and oxygen atoms in total.